The second-order valence-electron chi connectivity index (χ2n) is 8.86. The molecule has 0 unspecified atom stereocenters. The van der Waals surface area contributed by atoms with Gasteiger partial charge in [-0.2, -0.15) is 0 Å². The number of nitrogens with one attached hydrogen (secondary N) is 1. The Bertz CT molecular complexity index is 1170. The van der Waals surface area contributed by atoms with E-state index in [1.165, 1.54) is 11.3 Å². The molecule has 1 N–H and O–H groups in total. The maximum absolute atomic E-state index is 13.0. The molecule has 0 saturated carbocycles. The molecule has 0 bridgehead atoms. The van der Waals surface area contributed by atoms with Crippen LogP contribution in [0.3, 0.4) is 0 Å². The predicted molar refractivity (Wildman–Crippen MR) is 127 cm³/mol. The summed E-state index contributed by atoms with van der Waals surface area (Å²) >= 11 is 6.44. The van der Waals surface area contributed by atoms with Crippen LogP contribution in [-0.2, 0) is 0 Å². The van der Waals surface area contributed by atoms with Crippen LogP contribution in [0.5, 0.6) is 0 Å². The predicted octanol–water partition coefficient (Wildman–Crippen LogP) is 5.55. The van der Waals surface area contributed by atoms with Crippen molar-refractivity contribution in [2.75, 3.05) is 16.8 Å². The maximum Gasteiger partial charge on any atom is 0.257 e. The molecule has 7 heteroatoms. The lowest BCUT2D eigenvalue weighted by atomic mass is 9.87. The molecule has 1 amide bonds. The topological polar surface area (TPSA) is 61.6 Å². The first-order valence-electron chi connectivity index (χ1n) is 11.0. The number of fused-ring (bicyclic) bond motifs is 5. The molecule has 0 aliphatic carbocycles. The largest absolute Gasteiger partial charge is 0.361 e. The smallest absolute Gasteiger partial charge is 0.257 e. The van der Waals surface area contributed by atoms with E-state index in [0.29, 0.717) is 17.0 Å². The lowest BCUT2D eigenvalue weighted by molar-refractivity contribution is 0.0921. The molecule has 2 aliphatic rings. The molecule has 6 nitrogen and oxygen atoms in total. The van der Waals surface area contributed by atoms with E-state index < -0.39 is 0 Å². The molecular formula is C25H27ClN4O2. The highest BCUT2D eigenvalue weighted by Crippen LogP contribution is 2.50. The van der Waals surface area contributed by atoms with Crippen molar-refractivity contribution in [2.45, 2.75) is 51.7 Å². The molecule has 1 fully saturated rings. The van der Waals surface area contributed by atoms with Gasteiger partial charge in [-0.05, 0) is 63.4 Å². The van der Waals surface area contributed by atoms with Crippen molar-refractivity contribution < 1.29 is 9.32 Å². The van der Waals surface area contributed by atoms with Crippen LogP contribution in [0.2, 0.25) is 5.02 Å². The number of piperidine rings is 1. The van der Waals surface area contributed by atoms with E-state index in [0.717, 1.165) is 29.2 Å². The second kappa shape index (κ2) is 7.85. The summed E-state index contributed by atoms with van der Waals surface area (Å²) in [5.41, 5.74) is 5.85. The van der Waals surface area contributed by atoms with Gasteiger partial charge in [0, 0.05) is 29.8 Å². The number of carbonyl (C=O) groups excluding carboxylic acids is 1. The Morgan fingerprint density at radius 1 is 1.12 bits per heavy atom. The van der Waals surface area contributed by atoms with Crippen LogP contribution in [-0.4, -0.2) is 30.2 Å². The molecule has 2 aromatic carbocycles. The van der Waals surface area contributed by atoms with Crippen molar-refractivity contribution in [3.63, 3.8) is 0 Å². The van der Waals surface area contributed by atoms with E-state index in [9.17, 15) is 4.79 Å². The van der Waals surface area contributed by atoms with E-state index >= 15 is 0 Å². The van der Waals surface area contributed by atoms with Crippen LogP contribution in [0.1, 0.15) is 53.2 Å². The number of hydrogen-bond acceptors (Lipinski definition) is 5. The van der Waals surface area contributed by atoms with Gasteiger partial charge in [-0.3, -0.25) is 4.79 Å². The Hall–Kier alpha value is -2.99. The number of anilines is 3. The van der Waals surface area contributed by atoms with Crippen LogP contribution < -0.4 is 15.1 Å². The Kier molecular flexibility index (Phi) is 5.13. The minimum Gasteiger partial charge on any atom is -0.361 e. The fourth-order valence-corrected chi connectivity index (χ4v) is 5.53. The minimum atomic E-state index is -0.116. The van der Waals surface area contributed by atoms with Gasteiger partial charge in [0.05, 0.1) is 23.1 Å². The molecule has 32 heavy (non-hydrogen) atoms. The lowest BCUT2D eigenvalue weighted by Gasteiger charge is -2.45. The molecule has 166 valence electrons. The van der Waals surface area contributed by atoms with E-state index in [2.05, 4.69) is 70.6 Å². The zero-order chi connectivity index (χ0) is 22.6. The highest BCUT2D eigenvalue weighted by molar-refractivity contribution is 6.31. The van der Waals surface area contributed by atoms with Gasteiger partial charge < -0.3 is 19.6 Å². The highest BCUT2D eigenvalue weighted by Gasteiger charge is 2.40. The molecule has 1 saturated heterocycles. The lowest BCUT2D eigenvalue weighted by Crippen LogP contribution is -2.50. The molecule has 3 heterocycles. The van der Waals surface area contributed by atoms with Crippen molar-refractivity contribution in [3.8, 4) is 0 Å². The van der Waals surface area contributed by atoms with Crippen LogP contribution in [0.15, 0.2) is 47.0 Å². The Balaban J connectivity index is 1.54. The van der Waals surface area contributed by atoms with Crippen LogP contribution in [0.25, 0.3) is 0 Å². The number of amides is 1. The summed E-state index contributed by atoms with van der Waals surface area (Å²) in [6.45, 7) is 5.80. The highest BCUT2D eigenvalue weighted by atomic mass is 35.5. The minimum absolute atomic E-state index is 0.0338. The first kappa shape index (κ1) is 20.9. The average Bonchev–Trinajstić information content (AvgIpc) is 3.06. The van der Waals surface area contributed by atoms with Gasteiger partial charge in [-0.25, -0.2) is 0 Å². The third-order valence-corrected chi connectivity index (χ3v) is 7.01. The van der Waals surface area contributed by atoms with Crippen LogP contribution in [0, 0.1) is 13.8 Å². The number of para-hydroxylation sites is 1. The maximum atomic E-state index is 13.0. The third kappa shape index (κ3) is 3.34. The van der Waals surface area contributed by atoms with Crippen LogP contribution in [0.4, 0.5) is 17.1 Å². The molecule has 0 spiro atoms. The number of nitrogens with zero attached hydrogens (tertiary/aromatic N) is 3. The number of carbonyl (C=O) groups is 1. The average molecular weight is 451 g/mol. The third-order valence-electron chi connectivity index (χ3n) is 6.77. The zero-order valence-corrected chi connectivity index (χ0v) is 19.5. The summed E-state index contributed by atoms with van der Waals surface area (Å²) in [5, 5.41) is 7.92. The Labute approximate surface area is 193 Å². The summed E-state index contributed by atoms with van der Waals surface area (Å²) in [6.07, 6.45) is 1.64. The molecule has 0 radical (unpaired) electrons. The first-order chi connectivity index (χ1) is 15.3. The van der Waals surface area contributed by atoms with Crippen LogP contribution >= 0.6 is 11.6 Å². The molecule has 2 aliphatic heterocycles. The van der Waals surface area contributed by atoms with Crippen molar-refractivity contribution >= 4 is 34.6 Å². The number of benzene rings is 2. The molecule has 3 aromatic rings. The van der Waals surface area contributed by atoms with Gasteiger partial charge in [-0.15, -0.1) is 0 Å². The Morgan fingerprint density at radius 2 is 1.91 bits per heavy atom. The summed E-state index contributed by atoms with van der Waals surface area (Å²) in [7, 11) is 2.10. The zero-order valence-electron chi connectivity index (χ0n) is 18.7. The summed E-state index contributed by atoms with van der Waals surface area (Å²) in [5.74, 6) is 0.435. The monoisotopic (exact) mass is 450 g/mol. The normalized spacial score (nSPS) is 22.0. The van der Waals surface area contributed by atoms with E-state index in [1.54, 1.807) is 13.8 Å². The summed E-state index contributed by atoms with van der Waals surface area (Å²) < 4.78 is 5.20. The fourth-order valence-electron chi connectivity index (χ4n) is 5.37. The van der Waals surface area contributed by atoms with E-state index in [4.69, 9.17) is 16.1 Å². The quantitative estimate of drug-likeness (QED) is 0.554. The first-order valence-corrected chi connectivity index (χ1v) is 11.4. The number of rotatable bonds is 2. The van der Waals surface area contributed by atoms with Crippen molar-refractivity contribution in [1.82, 2.24) is 10.5 Å². The van der Waals surface area contributed by atoms with E-state index in [1.807, 2.05) is 6.07 Å². The molecule has 5 rings (SSSR count). The van der Waals surface area contributed by atoms with Gasteiger partial charge in [0.1, 0.15) is 11.3 Å². The van der Waals surface area contributed by atoms with Crippen molar-refractivity contribution in [1.29, 1.82) is 0 Å². The SMILES string of the molecule is Cc1noc(C)c1C(=O)N[C@H]1C[C@@H](C)N2c3cc(Cl)ccc3N(C)c3ccccc3[C@@H]2C1. The standard InChI is InChI=1S/C25H27ClN4O2/c1-14-11-18(27-25(31)24-15(2)28-32-16(24)3)13-22-19-7-5-6-8-20(19)29(4)21-10-9-17(26)12-23(21)30(14)22/h5-10,12,14,18,22H,11,13H2,1-4H3,(H,27,31)/t14-,18+,22+/m1/s1. The van der Waals surface area contributed by atoms with Gasteiger partial charge >= 0.3 is 0 Å². The fraction of sp³-hybridized carbons (Fsp3) is 0.360. The number of aromatic nitrogens is 1. The number of hydrogen-bond donors (Lipinski definition) is 1. The summed E-state index contributed by atoms with van der Waals surface area (Å²) in [4.78, 5) is 17.8. The molecule has 3 atom stereocenters. The van der Waals surface area contributed by atoms with Gasteiger partial charge in [0.25, 0.3) is 5.91 Å². The molecule has 1 aromatic heterocycles. The second-order valence-corrected chi connectivity index (χ2v) is 9.30. The van der Waals surface area contributed by atoms with Crippen molar-refractivity contribution in [2.24, 2.45) is 0 Å². The van der Waals surface area contributed by atoms with Crippen molar-refractivity contribution in [3.05, 3.63) is 70.1 Å². The van der Waals surface area contributed by atoms with Gasteiger partial charge in [0.2, 0.25) is 0 Å². The van der Waals surface area contributed by atoms with E-state index in [-0.39, 0.29) is 24.0 Å². The number of halogens is 1. The van der Waals surface area contributed by atoms with Gasteiger partial charge in [0.15, 0.2) is 0 Å². The molecular weight excluding hydrogens is 424 g/mol. The van der Waals surface area contributed by atoms with Gasteiger partial charge in [-0.1, -0.05) is 35.0 Å². The Morgan fingerprint density at radius 3 is 2.66 bits per heavy atom. The number of aryl methyl sites for hydroxylation is 2. The summed E-state index contributed by atoms with van der Waals surface area (Å²) in [6, 6.07) is 15.0.